The number of aromatic carboxylic acids is 3. The van der Waals surface area contributed by atoms with Crippen molar-refractivity contribution in [3.05, 3.63) is 28.8 Å². The van der Waals surface area contributed by atoms with E-state index in [1.54, 1.807) is 0 Å². The van der Waals surface area contributed by atoms with Crippen LogP contribution in [0.15, 0.2) is 12.1 Å². The highest BCUT2D eigenvalue weighted by molar-refractivity contribution is 6.06. The van der Waals surface area contributed by atoms with Gasteiger partial charge in [-0.3, -0.25) is 0 Å². The average molecular weight is 226 g/mol. The third-order valence-corrected chi connectivity index (χ3v) is 1.85. The minimum absolute atomic E-state index is 0.664. The molecule has 0 fully saturated rings. The van der Waals surface area contributed by atoms with E-state index in [1.165, 1.54) is 0 Å². The van der Waals surface area contributed by atoms with Gasteiger partial charge in [0.15, 0.2) is 0 Å². The SMILES string of the molecule is O=C(O)c1ccc(C(=O)O)c(C(=O)O)c1O. The second-order valence-electron chi connectivity index (χ2n) is 2.80. The molecule has 0 atom stereocenters. The van der Waals surface area contributed by atoms with Crippen LogP contribution in [0.3, 0.4) is 0 Å². The Balaban J connectivity index is 3.60. The van der Waals surface area contributed by atoms with Gasteiger partial charge in [-0.15, -0.1) is 0 Å². The summed E-state index contributed by atoms with van der Waals surface area (Å²) in [6.07, 6.45) is 0. The minimum atomic E-state index is -1.71. The molecule has 0 aliphatic rings. The predicted octanol–water partition coefficient (Wildman–Crippen LogP) is 0.487. The molecule has 0 bridgehead atoms. The number of carboxylic acids is 3. The zero-order valence-electron chi connectivity index (χ0n) is 7.67. The lowest BCUT2D eigenvalue weighted by Crippen LogP contribution is -2.11. The van der Waals surface area contributed by atoms with E-state index in [2.05, 4.69) is 0 Å². The Kier molecular flexibility index (Phi) is 2.80. The quantitative estimate of drug-likeness (QED) is 0.589. The van der Waals surface area contributed by atoms with Crippen molar-refractivity contribution < 1.29 is 34.8 Å². The molecule has 1 rings (SSSR count). The summed E-state index contributed by atoms with van der Waals surface area (Å²) < 4.78 is 0. The van der Waals surface area contributed by atoms with Crippen molar-refractivity contribution in [2.24, 2.45) is 0 Å². The smallest absolute Gasteiger partial charge is 0.340 e. The number of hydrogen-bond donors (Lipinski definition) is 4. The van der Waals surface area contributed by atoms with Gasteiger partial charge in [-0.2, -0.15) is 0 Å². The molecule has 0 spiro atoms. The van der Waals surface area contributed by atoms with E-state index in [1.807, 2.05) is 0 Å². The van der Waals surface area contributed by atoms with Gasteiger partial charge in [-0.25, -0.2) is 14.4 Å². The maximum atomic E-state index is 10.7. The van der Waals surface area contributed by atoms with Gasteiger partial charge >= 0.3 is 17.9 Å². The Morgan fingerprint density at radius 1 is 0.812 bits per heavy atom. The van der Waals surface area contributed by atoms with Gasteiger partial charge in [0.1, 0.15) is 16.9 Å². The van der Waals surface area contributed by atoms with E-state index in [-0.39, 0.29) is 0 Å². The van der Waals surface area contributed by atoms with Crippen LogP contribution in [0.25, 0.3) is 0 Å². The van der Waals surface area contributed by atoms with Crippen LogP contribution in [0.4, 0.5) is 0 Å². The third-order valence-electron chi connectivity index (χ3n) is 1.85. The van der Waals surface area contributed by atoms with Gasteiger partial charge in [0.2, 0.25) is 0 Å². The summed E-state index contributed by atoms with van der Waals surface area (Å²) >= 11 is 0. The van der Waals surface area contributed by atoms with Crippen LogP contribution in [-0.4, -0.2) is 38.3 Å². The molecule has 16 heavy (non-hydrogen) atoms. The fraction of sp³-hybridized carbons (Fsp3) is 0. The number of hydrogen-bond acceptors (Lipinski definition) is 4. The minimum Gasteiger partial charge on any atom is -0.506 e. The number of aromatic hydroxyl groups is 1. The second-order valence-corrected chi connectivity index (χ2v) is 2.80. The van der Waals surface area contributed by atoms with Gasteiger partial charge in [0, 0.05) is 0 Å². The second kappa shape index (κ2) is 3.89. The lowest BCUT2D eigenvalue weighted by atomic mass is 10.0. The lowest BCUT2D eigenvalue weighted by molar-refractivity contribution is 0.0645. The summed E-state index contributed by atoms with van der Waals surface area (Å²) in [6, 6.07) is 1.64. The molecule has 0 aliphatic heterocycles. The van der Waals surface area contributed by atoms with Crippen molar-refractivity contribution in [1.29, 1.82) is 0 Å². The standard InChI is InChI=1S/C9H6O7/c10-6-4(8(13)14)2-1-3(7(11)12)5(6)9(15)16/h1-2,10H,(H,11,12)(H,13,14)(H,15,16). The summed E-state index contributed by atoms with van der Waals surface area (Å²) in [5, 5.41) is 35.3. The van der Waals surface area contributed by atoms with Crippen LogP contribution in [0.5, 0.6) is 5.75 Å². The van der Waals surface area contributed by atoms with Crippen molar-refractivity contribution in [3.8, 4) is 5.75 Å². The fourth-order valence-electron chi connectivity index (χ4n) is 1.16. The maximum absolute atomic E-state index is 10.7. The highest BCUT2D eigenvalue weighted by Gasteiger charge is 2.24. The molecule has 1 aromatic rings. The van der Waals surface area contributed by atoms with Gasteiger partial charge in [0.05, 0.1) is 5.56 Å². The van der Waals surface area contributed by atoms with E-state index >= 15 is 0 Å². The molecule has 0 unspecified atom stereocenters. The molecular formula is C9H6O7. The number of rotatable bonds is 3. The molecule has 0 aliphatic carbocycles. The van der Waals surface area contributed by atoms with Gasteiger partial charge < -0.3 is 20.4 Å². The average Bonchev–Trinajstić information content (AvgIpc) is 2.15. The van der Waals surface area contributed by atoms with Crippen LogP contribution >= 0.6 is 0 Å². The lowest BCUT2D eigenvalue weighted by Gasteiger charge is -2.06. The zero-order chi connectivity index (χ0) is 12.5. The topological polar surface area (TPSA) is 132 Å². The van der Waals surface area contributed by atoms with Crippen LogP contribution in [0.2, 0.25) is 0 Å². The van der Waals surface area contributed by atoms with Gasteiger partial charge in [-0.1, -0.05) is 0 Å². The molecule has 4 N–H and O–H groups in total. The predicted molar refractivity (Wildman–Crippen MR) is 49.0 cm³/mol. The largest absolute Gasteiger partial charge is 0.506 e. The molecule has 1 aromatic carbocycles. The van der Waals surface area contributed by atoms with Gasteiger partial charge in [0.25, 0.3) is 0 Å². The summed E-state index contributed by atoms with van der Waals surface area (Å²) in [4.78, 5) is 31.9. The number of carboxylic acid groups (broad SMARTS) is 3. The van der Waals surface area contributed by atoms with Crippen molar-refractivity contribution in [3.63, 3.8) is 0 Å². The molecule has 0 aromatic heterocycles. The fourth-order valence-corrected chi connectivity index (χ4v) is 1.16. The molecule has 7 nitrogen and oxygen atoms in total. The third kappa shape index (κ3) is 1.78. The summed E-state index contributed by atoms with van der Waals surface area (Å²) in [5.41, 5.74) is -2.27. The molecule has 0 amide bonds. The first-order valence-electron chi connectivity index (χ1n) is 3.92. The molecule has 0 heterocycles. The zero-order valence-corrected chi connectivity index (χ0v) is 7.67. The number of phenols is 1. The normalized spacial score (nSPS) is 9.75. The molecule has 84 valence electrons. The van der Waals surface area contributed by atoms with Crippen LogP contribution in [-0.2, 0) is 0 Å². The summed E-state index contributed by atoms with van der Waals surface area (Å²) in [5.74, 6) is -5.89. The molecular weight excluding hydrogens is 220 g/mol. The molecule has 0 saturated carbocycles. The molecule has 0 saturated heterocycles. The Hall–Kier alpha value is -2.57. The summed E-state index contributed by atoms with van der Waals surface area (Å²) in [7, 11) is 0. The highest BCUT2D eigenvalue weighted by Crippen LogP contribution is 2.26. The van der Waals surface area contributed by atoms with E-state index in [4.69, 9.17) is 15.3 Å². The molecule has 0 radical (unpaired) electrons. The highest BCUT2D eigenvalue weighted by atomic mass is 16.4. The number of carbonyl (C=O) groups is 3. The van der Waals surface area contributed by atoms with E-state index in [9.17, 15) is 19.5 Å². The van der Waals surface area contributed by atoms with Crippen LogP contribution < -0.4 is 0 Å². The summed E-state index contributed by atoms with van der Waals surface area (Å²) in [6.45, 7) is 0. The van der Waals surface area contributed by atoms with Crippen LogP contribution in [0.1, 0.15) is 31.1 Å². The van der Waals surface area contributed by atoms with E-state index in [0.717, 1.165) is 12.1 Å². The van der Waals surface area contributed by atoms with E-state index in [0.29, 0.717) is 0 Å². The Labute approximate surface area is 88.2 Å². The van der Waals surface area contributed by atoms with Crippen molar-refractivity contribution in [1.82, 2.24) is 0 Å². The first-order valence-corrected chi connectivity index (χ1v) is 3.92. The van der Waals surface area contributed by atoms with Crippen LogP contribution in [0, 0.1) is 0 Å². The van der Waals surface area contributed by atoms with Crippen molar-refractivity contribution in [2.75, 3.05) is 0 Å². The maximum Gasteiger partial charge on any atom is 0.340 e. The van der Waals surface area contributed by atoms with Gasteiger partial charge in [-0.05, 0) is 12.1 Å². The first kappa shape index (κ1) is 11.5. The monoisotopic (exact) mass is 226 g/mol. The van der Waals surface area contributed by atoms with Crippen molar-refractivity contribution >= 4 is 17.9 Å². The van der Waals surface area contributed by atoms with E-state index < -0.39 is 40.3 Å². The van der Waals surface area contributed by atoms with Crippen molar-refractivity contribution in [2.45, 2.75) is 0 Å². The Morgan fingerprint density at radius 3 is 1.62 bits per heavy atom. The Morgan fingerprint density at radius 2 is 1.25 bits per heavy atom. The first-order chi connectivity index (χ1) is 7.36. The molecule has 7 heteroatoms. The number of benzene rings is 1. The Bertz CT molecular complexity index is 489.